The molecule has 0 amide bonds. The van der Waals surface area contributed by atoms with Gasteiger partial charge in [0.15, 0.2) is 97.8 Å². The molecule has 0 fully saturated rings. The molecule has 1 aromatic heterocycles. The number of phenolic OH excluding ortho intramolecular Hbond substituents is 23. The first-order valence-electron chi connectivity index (χ1n) is 41.4. The van der Waals surface area contributed by atoms with Gasteiger partial charge in [0.25, 0.3) is 0 Å². The highest BCUT2D eigenvalue weighted by molar-refractivity contribution is 6.29. The summed E-state index contributed by atoms with van der Waals surface area (Å²) in [5.74, 6) is -5.43. The fourth-order valence-electron chi connectivity index (χ4n) is 14.4. The van der Waals surface area contributed by atoms with Crippen LogP contribution < -0.4 is 24.4 Å². The van der Waals surface area contributed by atoms with Crippen molar-refractivity contribution in [2.75, 3.05) is 26.4 Å². The second kappa shape index (κ2) is 41.7. The van der Waals surface area contributed by atoms with Crippen LogP contribution in [0.3, 0.4) is 0 Å². The Balaban J connectivity index is 0.000000136. The molecule has 33 nitrogen and oxygen atoms in total. The molecule has 0 saturated heterocycles. The van der Waals surface area contributed by atoms with Crippen LogP contribution in [0, 0.1) is 0 Å². The molecule has 15 aromatic rings. The van der Waals surface area contributed by atoms with E-state index < -0.39 is 64.0 Å². The average Bonchev–Trinajstić information content (AvgIpc) is 0.824. The van der Waals surface area contributed by atoms with Gasteiger partial charge in [-0.3, -0.25) is 19.2 Å². The third kappa shape index (κ3) is 22.6. The summed E-state index contributed by atoms with van der Waals surface area (Å²) in [7, 11) is 0. The number of aliphatic hydroxyl groups is 1. The van der Waals surface area contributed by atoms with Gasteiger partial charge in [-0.2, -0.15) is 0 Å². The van der Waals surface area contributed by atoms with Crippen molar-refractivity contribution in [2.45, 2.75) is 30.8 Å². The standard InChI is InChI=1S/C15H14O5.C15H12O5.C15H10O5.C15H14O5.C15H12O5.2C15H12O4/c3*16-9-3-1-8(2-4-9)11-7-20-14-6-13(18)12(17)5-10(14)15(11)19;2*1-8(9-2-4-10(16)5-3-9)15(20)11-6-13(18)14(19)7-12(11)17;2*16-12-3-1-9(2-4-12)11-5-10-6-13(17)14(18)7-15(10)19-8-11/h1-6,11,15-19H,7H2;1-6,11,16-18H,7H2;1-7,16-18H;2-8,16-19H,1H3;2-7,16-19H,1H2;2*1-7,16-18H,8H2. The Morgan fingerprint density at radius 3 is 1.21 bits per heavy atom. The molecular formula is C105H86O33. The number of phenols is 23. The Kier molecular flexibility index (Phi) is 29.2. The molecule has 4 unspecified atom stereocenters. The number of carbonyl (C=O) groups excluding carboxylic acids is 3. The lowest BCUT2D eigenvalue weighted by Crippen LogP contribution is -2.25. The number of carbonyl (C=O) groups is 3. The van der Waals surface area contributed by atoms with Crippen LogP contribution in [-0.2, 0) is 0 Å². The molecule has 19 rings (SSSR count). The van der Waals surface area contributed by atoms with Gasteiger partial charge in [0.05, 0.1) is 46.3 Å². The van der Waals surface area contributed by atoms with Gasteiger partial charge in [-0.05, 0) is 190 Å². The Morgan fingerprint density at radius 1 is 0.348 bits per heavy atom. The van der Waals surface area contributed by atoms with Crippen LogP contribution in [-0.4, -0.2) is 166 Å². The summed E-state index contributed by atoms with van der Waals surface area (Å²) in [6.45, 7) is 6.45. The number of aromatic hydroxyl groups is 23. The fourth-order valence-corrected chi connectivity index (χ4v) is 14.4. The maximum Gasteiger partial charge on any atom is 0.200 e. The number of ether oxygens (including phenoxy) is 4. The molecule has 4 aliphatic heterocycles. The van der Waals surface area contributed by atoms with Gasteiger partial charge < -0.3 is 146 Å². The zero-order valence-corrected chi connectivity index (χ0v) is 72.2. The van der Waals surface area contributed by atoms with Crippen molar-refractivity contribution < 1.29 is 160 Å². The highest BCUT2D eigenvalue weighted by Crippen LogP contribution is 2.48. The highest BCUT2D eigenvalue weighted by atomic mass is 16.5. The molecule has 138 heavy (non-hydrogen) atoms. The summed E-state index contributed by atoms with van der Waals surface area (Å²) in [5.41, 5.74) is 9.17. The van der Waals surface area contributed by atoms with Gasteiger partial charge in [0.2, 0.25) is 5.43 Å². The van der Waals surface area contributed by atoms with E-state index in [1.54, 1.807) is 116 Å². The van der Waals surface area contributed by atoms with Crippen LogP contribution in [0.4, 0.5) is 0 Å². The van der Waals surface area contributed by atoms with E-state index in [0.717, 1.165) is 57.7 Å². The average molecular weight is 1880 g/mol. The molecular weight excluding hydrogens is 1790 g/mol. The van der Waals surface area contributed by atoms with Crippen molar-refractivity contribution in [3.8, 4) is 166 Å². The summed E-state index contributed by atoms with van der Waals surface area (Å²) in [5, 5.41) is 227. The quantitative estimate of drug-likeness (QED) is 0.0247. The maximum atomic E-state index is 12.4. The molecule has 0 spiro atoms. The first kappa shape index (κ1) is 96.6. The summed E-state index contributed by atoms with van der Waals surface area (Å²) < 4.78 is 27.4. The third-order valence-electron chi connectivity index (χ3n) is 22.0. The number of hydrogen-bond acceptors (Lipinski definition) is 33. The van der Waals surface area contributed by atoms with Gasteiger partial charge in [-0.25, -0.2) is 0 Å². The minimum absolute atomic E-state index is 0.0547. The van der Waals surface area contributed by atoms with E-state index in [-0.39, 0.29) is 167 Å². The number of fused-ring (bicyclic) bond motifs is 5. The van der Waals surface area contributed by atoms with Gasteiger partial charge in [0.1, 0.15) is 106 Å². The molecule has 4 atom stereocenters. The van der Waals surface area contributed by atoms with Gasteiger partial charge >= 0.3 is 0 Å². The number of allylic oxidation sites excluding steroid dienone is 1. The molecule has 5 heterocycles. The van der Waals surface area contributed by atoms with Crippen molar-refractivity contribution in [2.24, 2.45) is 0 Å². The van der Waals surface area contributed by atoms with Crippen LogP contribution in [0.2, 0.25) is 0 Å². The fraction of sp³-hybridized carbons (Fsp3) is 0.0857. The van der Waals surface area contributed by atoms with Crippen LogP contribution in [0.5, 0.6) is 155 Å². The van der Waals surface area contributed by atoms with Crippen molar-refractivity contribution in [1.29, 1.82) is 0 Å². The smallest absolute Gasteiger partial charge is 0.200 e. The number of benzene rings is 14. The first-order valence-corrected chi connectivity index (χ1v) is 41.4. The van der Waals surface area contributed by atoms with Crippen molar-refractivity contribution in [3.63, 3.8) is 0 Å². The van der Waals surface area contributed by atoms with Gasteiger partial charge in [0, 0.05) is 76.6 Å². The summed E-state index contributed by atoms with van der Waals surface area (Å²) in [4.78, 5) is 49.3. The molecule has 704 valence electrons. The van der Waals surface area contributed by atoms with Crippen LogP contribution in [0.1, 0.15) is 112 Å². The van der Waals surface area contributed by atoms with Crippen LogP contribution in [0.25, 0.3) is 51.0 Å². The van der Waals surface area contributed by atoms with E-state index >= 15 is 0 Å². The maximum absolute atomic E-state index is 12.4. The van der Waals surface area contributed by atoms with Crippen molar-refractivity contribution >= 4 is 57.2 Å². The minimum Gasteiger partial charge on any atom is -0.508 e. The molecule has 0 aliphatic carbocycles. The topological polar surface area (TPSA) is 604 Å². The summed E-state index contributed by atoms with van der Waals surface area (Å²) in [6, 6.07) is 61.5. The number of Topliss-reactive ketones (excluding diaryl/α,β-unsaturated/α-hetero) is 3. The molecule has 0 bridgehead atoms. The molecule has 24 N–H and O–H groups in total. The number of ketones is 3. The molecule has 0 saturated carbocycles. The molecule has 14 aromatic carbocycles. The zero-order valence-electron chi connectivity index (χ0n) is 72.2. The Bertz CT molecular complexity index is 7090. The lowest BCUT2D eigenvalue weighted by atomic mass is 9.87. The van der Waals surface area contributed by atoms with E-state index in [4.69, 9.17) is 23.4 Å². The van der Waals surface area contributed by atoms with E-state index in [0.29, 0.717) is 69.4 Å². The minimum atomic E-state index is -0.852. The van der Waals surface area contributed by atoms with Gasteiger partial charge in [-0.15, -0.1) is 0 Å². The summed E-state index contributed by atoms with van der Waals surface area (Å²) >= 11 is 0. The second-order valence-electron chi connectivity index (χ2n) is 31.4. The number of hydrogen-bond donors (Lipinski definition) is 24. The Hall–Kier alpha value is -18.9. The van der Waals surface area contributed by atoms with E-state index in [9.17, 15) is 142 Å². The highest BCUT2D eigenvalue weighted by Gasteiger charge is 2.34. The SMILES string of the molecule is C=C(C(=O)c1cc(O)c(O)cc1O)c1ccc(O)cc1.CC(C(=O)c1cc(O)c(O)cc1O)c1ccc(O)cc1.O=C1c2cc(O)c(O)cc2OCC1c1ccc(O)cc1.O=c1c(-c2ccc(O)cc2)coc2cc(O)c(O)cc12.Oc1ccc(C2=Cc3cc(O)c(O)cc3OC2)cc1.Oc1ccc(C2=Cc3cc(O)c(O)cc3OC2)cc1.Oc1ccc(C2COc3cc(O)c(O)cc3C2O)cc1. The Labute approximate surface area is 781 Å². The van der Waals surface area contributed by atoms with Crippen molar-refractivity contribution in [3.05, 3.63) is 345 Å². The second-order valence-corrected chi connectivity index (χ2v) is 31.4. The Morgan fingerprint density at radius 2 is 0.717 bits per heavy atom. The predicted molar refractivity (Wildman–Crippen MR) is 502 cm³/mol. The summed E-state index contributed by atoms with van der Waals surface area (Å²) in [6.07, 6.45) is 4.22. The lowest BCUT2D eigenvalue weighted by molar-refractivity contribution is 0.0881. The number of rotatable bonds is 11. The van der Waals surface area contributed by atoms with Gasteiger partial charge in [-0.1, -0.05) is 98.4 Å². The normalized spacial score (nSPS) is 14.0. The van der Waals surface area contributed by atoms with Crippen molar-refractivity contribution in [1.82, 2.24) is 0 Å². The van der Waals surface area contributed by atoms with E-state index in [1.165, 1.54) is 128 Å². The molecule has 4 aliphatic rings. The molecule has 0 radical (unpaired) electrons. The van der Waals surface area contributed by atoms with Crippen LogP contribution in [0.15, 0.2) is 277 Å². The first-order chi connectivity index (χ1) is 65.7. The van der Waals surface area contributed by atoms with E-state index in [1.807, 2.05) is 12.2 Å². The van der Waals surface area contributed by atoms with E-state index in [2.05, 4.69) is 6.58 Å². The predicted octanol–water partition coefficient (Wildman–Crippen LogP) is 17.1. The lowest BCUT2D eigenvalue weighted by Gasteiger charge is -2.30. The third-order valence-corrected chi connectivity index (χ3v) is 22.0. The number of aliphatic hydroxyl groups excluding tert-OH is 1. The molecule has 33 heteroatoms. The monoisotopic (exact) mass is 1870 g/mol. The zero-order chi connectivity index (χ0) is 99.4. The largest absolute Gasteiger partial charge is 0.508 e. The van der Waals surface area contributed by atoms with Crippen LogP contribution >= 0.6 is 0 Å².